The third-order valence-corrected chi connectivity index (χ3v) is 19.7. The summed E-state index contributed by atoms with van der Waals surface area (Å²) in [5.41, 5.74) is 1.44. The second-order valence-electron chi connectivity index (χ2n) is 23.8. The minimum Gasteiger partial charge on any atom is -0.394 e. The maximum atomic E-state index is 12.2. The Labute approximate surface area is 415 Å². The summed E-state index contributed by atoms with van der Waals surface area (Å²) >= 11 is 0. The quantitative estimate of drug-likeness (QED) is 0.137. The lowest BCUT2D eigenvalue weighted by molar-refractivity contribution is -0.394. The van der Waals surface area contributed by atoms with Crippen LogP contribution in [0.4, 0.5) is 0 Å². The fourth-order valence-corrected chi connectivity index (χ4v) is 15.4. The van der Waals surface area contributed by atoms with Gasteiger partial charge in [-0.1, -0.05) is 39.3 Å². The Hall–Kier alpha value is -1.06. The van der Waals surface area contributed by atoms with E-state index in [0.717, 1.165) is 51.6 Å². The summed E-state index contributed by atoms with van der Waals surface area (Å²) in [7, 11) is 0. The smallest absolute Gasteiger partial charge is 0.187 e. The molecule has 10 rings (SSSR count). The summed E-state index contributed by atoms with van der Waals surface area (Å²) in [5.74, 6) is 2.46. The molecule has 6 heterocycles. The molecular weight excluding hydrogens is 933 g/mol. The van der Waals surface area contributed by atoms with Crippen LogP contribution in [0.25, 0.3) is 0 Å². The highest BCUT2D eigenvalue weighted by Crippen LogP contribution is 2.71. The van der Waals surface area contributed by atoms with Crippen molar-refractivity contribution >= 4 is 0 Å². The van der Waals surface area contributed by atoms with Gasteiger partial charge in [0, 0.05) is 12.3 Å². The topological polar surface area (TPSA) is 295 Å². The molecule has 3 saturated carbocycles. The fraction of sp³-hybridized carbons (Fsp3) is 0.961. The lowest BCUT2D eigenvalue weighted by Gasteiger charge is -2.59. The summed E-state index contributed by atoms with van der Waals surface area (Å²) in [5, 5.41) is 109. The average Bonchev–Trinajstić information content (AvgIpc) is 3.79. The molecule has 0 bridgehead atoms. The largest absolute Gasteiger partial charge is 0.394 e. The van der Waals surface area contributed by atoms with Crippen LogP contribution in [0.2, 0.25) is 0 Å². The van der Waals surface area contributed by atoms with Gasteiger partial charge in [0.15, 0.2) is 30.9 Å². The Morgan fingerprint density at radius 1 is 0.592 bits per heavy atom. The minimum atomic E-state index is -1.85. The first-order valence-corrected chi connectivity index (χ1v) is 26.6. The van der Waals surface area contributed by atoms with E-state index in [1.807, 2.05) is 0 Å². The second kappa shape index (κ2) is 20.1. The van der Waals surface area contributed by atoms with E-state index in [0.29, 0.717) is 48.3 Å². The molecule has 31 atom stereocenters. The Morgan fingerprint density at radius 2 is 1.20 bits per heavy atom. The van der Waals surface area contributed by atoms with Gasteiger partial charge in [-0.15, -0.1) is 0 Å². The third kappa shape index (κ3) is 9.03. The van der Waals surface area contributed by atoms with E-state index in [-0.39, 0.29) is 16.9 Å². The third-order valence-electron chi connectivity index (χ3n) is 19.7. The summed E-state index contributed by atoms with van der Waals surface area (Å²) < 4.78 is 62.2. The van der Waals surface area contributed by atoms with E-state index in [4.69, 9.17) is 47.4 Å². The number of hydrogen-bond donors (Lipinski definition) is 10. The highest BCUT2D eigenvalue weighted by atomic mass is 16.8. The van der Waals surface area contributed by atoms with Crippen molar-refractivity contribution in [3.05, 3.63) is 11.6 Å². The van der Waals surface area contributed by atoms with Gasteiger partial charge in [-0.2, -0.15) is 0 Å². The van der Waals surface area contributed by atoms with Gasteiger partial charge >= 0.3 is 0 Å². The lowest BCUT2D eigenvalue weighted by Crippen LogP contribution is -2.67. The maximum absolute atomic E-state index is 12.2. The highest BCUT2D eigenvalue weighted by Gasteiger charge is 2.69. The molecule has 71 heavy (non-hydrogen) atoms. The van der Waals surface area contributed by atoms with E-state index >= 15 is 0 Å². The number of allylic oxidation sites excluding steroid dienone is 1. The second-order valence-corrected chi connectivity index (χ2v) is 23.8. The van der Waals surface area contributed by atoms with E-state index in [2.05, 4.69) is 33.8 Å². The van der Waals surface area contributed by atoms with E-state index in [1.54, 1.807) is 0 Å². The van der Waals surface area contributed by atoms with Crippen molar-refractivity contribution in [3.63, 3.8) is 0 Å². The molecule has 20 nitrogen and oxygen atoms in total. The van der Waals surface area contributed by atoms with Crippen LogP contribution in [0.5, 0.6) is 0 Å². The average molecular weight is 1020 g/mol. The maximum Gasteiger partial charge on any atom is 0.187 e. The molecule has 20 heteroatoms. The summed E-state index contributed by atoms with van der Waals surface area (Å²) in [4.78, 5) is 0. The van der Waals surface area contributed by atoms with Gasteiger partial charge in [-0.25, -0.2) is 0 Å². The Bertz CT molecular complexity index is 1890. The van der Waals surface area contributed by atoms with Gasteiger partial charge in [0.05, 0.1) is 43.7 Å². The zero-order valence-corrected chi connectivity index (χ0v) is 42.1. The van der Waals surface area contributed by atoms with Crippen molar-refractivity contribution < 1.29 is 98.4 Å². The summed E-state index contributed by atoms with van der Waals surface area (Å²) in [6.45, 7) is 14.1. The number of ether oxygens (including phenoxy) is 10. The number of hydrogen-bond acceptors (Lipinski definition) is 20. The molecule has 0 aromatic rings. The van der Waals surface area contributed by atoms with Crippen molar-refractivity contribution in [2.45, 2.75) is 247 Å². The zero-order chi connectivity index (χ0) is 50.8. The molecule has 10 N–H and O–H groups in total. The Kier molecular flexibility index (Phi) is 15.1. The number of aliphatic hydroxyl groups is 10. The van der Waals surface area contributed by atoms with Crippen molar-refractivity contribution in [3.8, 4) is 0 Å². The monoisotopic (exact) mass is 1010 g/mol. The predicted octanol–water partition coefficient (Wildman–Crippen LogP) is 0.0935. The summed E-state index contributed by atoms with van der Waals surface area (Å²) in [6.07, 6.45) is -19.0. The standard InChI is InChI=1S/C51H82O20/c1-20-10-15-51(62-19-20)21(2)32-30(71-51)17-29-27-9-8-25-16-26(11-13-49(25,6)28(27)12-14-50(29,32)7)66-48-44(70-46-39(59)36(56)34(54)23(4)64-46)41(61)43(31(18-52)67-48)69-47-40(60)37(57)42(24(5)65-47)68-45-38(58)35(55)33(53)22(3)63-45/h8,20-24,26-48,52-61H,9-19H2,1-7H3/t20-,21+,22+,23+,24+,26?,27-,28+,29+,30+,31-,32+,33+,34+,35-,36-,37+,38-,39-,40-,41+,42+,43-,44-,45+,46+,47+,48-,49+,50+,51-/m1/s1. The molecule has 0 aromatic heterocycles. The molecule has 0 amide bonds. The predicted molar refractivity (Wildman–Crippen MR) is 244 cm³/mol. The number of fused-ring (bicyclic) bond motifs is 7. The molecule has 0 radical (unpaired) electrons. The Balaban J connectivity index is 0.836. The van der Waals surface area contributed by atoms with E-state index in [1.165, 1.54) is 26.3 Å². The first-order valence-electron chi connectivity index (χ1n) is 26.6. The first kappa shape index (κ1) is 53.3. The van der Waals surface area contributed by atoms with Gasteiger partial charge in [0.1, 0.15) is 79.4 Å². The van der Waals surface area contributed by atoms with Crippen molar-refractivity contribution in [1.29, 1.82) is 0 Å². The molecule has 10 aliphatic rings. The highest BCUT2D eigenvalue weighted by molar-refractivity contribution is 5.26. The molecular formula is C51H82O20. The van der Waals surface area contributed by atoms with E-state index < -0.39 is 141 Å². The minimum absolute atomic E-state index is 0.0569. The molecule has 4 aliphatic carbocycles. The van der Waals surface area contributed by atoms with Gasteiger partial charge < -0.3 is 98.4 Å². The van der Waals surface area contributed by atoms with Crippen LogP contribution in [0, 0.1) is 46.3 Å². The van der Waals surface area contributed by atoms with Crippen LogP contribution in [-0.2, 0) is 47.4 Å². The van der Waals surface area contributed by atoms with Gasteiger partial charge in [-0.3, -0.25) is 0 Å². The molecule has 9 fully saturated rings. The SMILES string of the molecule is C[C@@H]1CC[C@@]2(OC1)O[C@H]1C[C@H]3[C@@H]4CC=C5CC(O[C@@H]6O[C@H](CO)[C@@H](O[C@@H]7O[C@@H](C)[C@H](O[C@@H]8O[C@@H](C)[C@H](O)[C@@H](O)[C@H]8O)[C@@H](O)[C@H]7O)[C@H](O)[C@H]6O[C@@H]6O[C@@H](C)[C@H](O)[C@@H](O)[C@H]6O)CC[C@]5(C)[C@H]4CC[C@]3(C)[C@H]1[C@@H]2C. The molecule has 0 aromatic carbocycles. The number of aliphatic hydroxyl groups excluding tert-OH is 10. The van der Waals surface area contributed by atoms with Crippen LogP contribution in [0.15, 0.2) is 11.6 Å². The van der Waals surface area contributed by atoms with Gasteiger partial charge in [0.25, 0.3) is 0 Å². The Morgan fingerprint density at radius 3 is 1.82 bits per heavy atom. The summed E-state index contributed by atoms with van der Waals surface area (Å²) in [6, 6.07) is 0. The van der Waals surface area contributed by atoms with Crippen molar-refractivity contribution in [2.24, 2.45) is 46.3 Å². The van der Waals surface area contributed by atoms with Crippen LogP contribution in [0.1, 0.15) is 106 Å². The first-order chi connectivity index (χ1) is 33.6. The molecule has 6 saturated heterocycles. The van der Waals surface area contributed by atoms with Crippen LogP contribution >= 0.6 is 0 Å². The van der Waals surface area contributed by atoms with Gasteiger partial charge in [0.2, 0.25) is 0 Å². The van der Waals surface area contributed by atoms with Gasteiger partial charge in [-0.05, 0) is 113 Å². The fourth-order valence-electron chi connectivity index (χ4n) is 15.4. The van der Waals surface area contributed by atoms with E-state index in [9.17, 15) is 51.1 Å². The normalized spacial score (nSPS) is 58.4. The van der Waals surface area contributed by atoms with Crippen molar-refractivity contribution in [1.82, 2.24) is 0 Å². The molecule has 1 spiro atoms. The molecule has 406 valence electrons. The van der Waals surface area contributed by atoms with Crippen molar-refractivity contribution in [2.75, 3.05) is 13.2 Å². The zero-order valence-electron chi connectivity index (χ0n) is 42.1. The molecule has 1 unspecified atom stereocenters. The molecule has 6 aliphatic heterocycles. The van der Waals surface area contributed by atoms with Crippen LogP contribution in [-0.4, -0.2) is 205 Å². The van der Waals surface area contributed by atoms with Crippen LogP contribution in [0.3, 0.4) is 0 Å². The lowest BCUT2D eigenvalue weighted by atomic mass is 9.47. The number of rotatable bonds is 9. The van der Waals surface area contributed by atoms with Crippen LogP contribution < -0.4 is 0 Å².